The van der Waals surface area contributed by atoms with Crippen LogP contribution in [-0.2, 0) is 6.42 Å². The molecule has 0 spiro atoms. The third-order valence-electron chi connectivity index (χ3n) is 6.88. The molecule has 5 aromatic rings. The summed E-state index contributed by atoms with van der Waals surface area (Å²) >= 11 is 13.5. The summed E-state index contributed by atoms with van der Waals surface area (Å²) in [5.74, 6) is 0.182. The van der Waals surface area contributed by atoms with Crippen LogP contribution in [0.2, 0.25) is 5.02 Å². The normalized spacial score (nSPS) is 12.2. The zero-order chi connectivity index (χ0) is 30.1. The second kappa shape index (κ2) is 12.2. The molecule has 8 nitrogen and oxygen atoms in total. The molecule has 0 fully saturated rings. The molecule has 2 N–H and O–H groups in total. The molecule has 1 aromatic heterocycles. The van der Waals surface area contributed by atoms with Crippen molar-refractivity contribution in [3.05, 3.63) is 109 Å². The van der Waals surface area contributed by atoms with E-state index in [1.165, 1.54) is 6.21 Å². The lowest BCUT2D eigenvalue weighted by atomic mass is 9.99. The molecule has 43 heavy (non-hydrogen) atoms. The van der Waals surface area contributed by atoms with Gasteiger partial charge in [-0.05, 0) is 64.3 Å². The molecule has 6 rings (SSSR count). The van der Waals surface area contributed by atoms with Gasteiger partial charge in [-0.2, -0.15) is 5.10 Å². The number of hydrogen-bond acceptors (Lipinski definition) is 6. The number of carbonyl (C=O) groups excluding carboxylic acids is 2. The summed E-state index contributed by atoms with van der Waals surface area (Å²) in [6.07, 6.45) is 2.19. The van der Waals surface area contributed by atoms with E-state index in [9.17, 15) is 9.59 Å². The summed E-state index contributed by atoms with van der Waals surface area (Å²) in [6.45, 7) is 2.15. The smallest absolute Gasteiger partial charge is 0.343 e. The highest BCUT2D eigenvalue weighted by Gasteiger charge is 2.23. The zero-order valence-corrected chi connectivity index (χ0v) is 26.5. The number of hydrazone groups is 1. The molecule has 0 radical (unpaired) electrons. The van der Waals surface area contributed by atoms with Gasteiger partial charge in [0.25, 0.3) is 5.91 Å². The fourth-order valence-electron chi connectivity index (χ4n) is 4.86. The van der Waals surface area contributed by atoms with Crippen LogP contribution in [0.25, 0.3) is 22.0 Å². The van der Waals surface area contributed by atoms with E-state index in [4.69, 9.17) is 25.8 Å². The Bertz CT molecular complexity index is 1940. The highest BCUT2D eigenvalue weighted by Crippen LogP contribution is 2.38. The minimum Gasteiger partial charge on any atom is -0.454 e. The molecule has 0 saturated heterocycles. The van der Waals surface area contributed by atoms with Crippen LogP contribution in [0.5, 0.6) is 17.2 Å². The van der Waals surface area contributed by atoms with Crippen LogP contribution in [-0.4, -0.2) is 29.9 Å². The first-order valence-corrected chi connectivity index (χ1v) is 15.1. The second-order valence-electron chi connectivity index (χ2n) is 9.51. The van der Waals surface area contributed by atoms with Crippen molar-refractivity contribution in [1.29, 1.82) is 0 Å². The molecule has 216 valence electrons. The average Bonchev–Trinajstić information content (AvgIpc) is 3.63. The Morgan fingerprint density at radius 2 is 1.86 bits per heavy atom. The maximum Gasteiger partial charge on any atom is 0.343 e. The van der Waals surface area contributed by atoms with Crippen molar-refractivity contribution in [1.82, 2.24) is 10.4 Å². The van der Waals surface area contributed by atoms with Gasteiger partial charge in [0.1, 0.15) is 5.69 Å². The number of aromatic amines is 1. The molecular formula is C32H22Br2ClN3O5. The molecule has 11 heteroatoms. The summed E-state index contributed by atoms with van der Waals surface area (Å²) < 4.78 is 17.7. The van der Waals surface area contributed by atoms with Crippen LogP contribution in [0, 0.1) is 0 Å². The highest BCUT2D eigenvalue weighted by atomic mass is 79.9. The van der Waals surface area contributed by atoms with Crippen LogP contribution < -0.4 is 19.6 Å². The third-order valence-corrected chi connectivity index (χ3v) is 8.26. The summed E-state index contributed by atoms with van der Waals surface area (Å²) in [6, 6.07) is 21.6. The predicted octanol–water partition coefficient (Wildman–Crippen LogP) is 8.29. The number of para-hydroxylation sites is 1. The van der Waals surface area contributed by atoms with Crippen molar-refractivity contribution in [3.8, 4) is 28.4 Å². The number of rotatable bonds is 7. The van der Waals surface area contributed by atoms with Crippen LogP contribution in [0.15, 0.2) is 86.8 Å². The van der Waals surface area contributed by atoms with Crippen LogP contribution in [0.1, 0.15) is 38.9 Å². The zero-order valence-electron chi connectivity index (χ0n) is 22.5. The lowest BCUT2D eigenvalue weighted by molar-refractivity contribution is 0.0732. The van der Waals surface area contributed by atoms with E-state index >= 15 is 0 Å². The van der Waals surface area contributed by atoms with Gasteiger partial charge in [0.05, 0.1) is 16.3 Å². The topological polar surface area (TPSA) is 102 Å². The van der Waals surface area contributed by atoms with Crippen molar-refractivity contribution in [2.75, 3.05) is 6.79 Å². The van der Waals surface area contributed by atoms with Gasteiger partial charge in [-0.1, -0.05) is 70.9 Å². The summed E-state index contributed by atoms with van der Waals surface area (Å²) in [5, 5.41) is 5.62. The molecular weight excluding hydrogens is 702 g/mol. The number of fused-ring (bicyclic) bond motifs is 2. The third kappa shape index (κ3) is 5.78. The van der Waals surface area contributed by atoms with E-state index in [0.29, 0.717) is 42.3 Å². The fraction of sp³-hybridized carbons (Fsp3) is 0.0938. The van der Waals surface area contributed by atoms with Gasteiger partial charge in [-0.15, -0.1) is 0 Å². The number of aryl methyl sites for hydroxylation is 1. The van der Waals surface area contributed by atoms with E-state index in [1.54, 1.807) is 36.4 Å². The molecule has 0 bridgehead atoms. The van der Waals surface area contributed by atoms with E-state index in [0.717, 1.165) is 28.5 Å². The van der Waals surface area contributed by atoms with Crippen LogP contribution >= 0.6 is 43.5 Å². The Morgan fingerprint density at radius 1 is 1.05 bits per heavy atom. The van der Waals surface area contributed by atoms with E-state index in [2.05, 4.69) is 54.3 Å². The average molecular weight is 724 g/mol. The van der Waals surface area contributed by atoms with Gasteiger partial charge in [-0.3, -0.25) is 4.79 Å². The molecule has 0 saturated carbocycles. The summed E-state index contributed by atoms with van der Waals surface area (Å²) in [4.78, 5) is 29.9. The summed E-state index contributed by atoms with van der Waals surface area (Å²) in [7, 11) is 0. The number of amides is 1. The van der Waals surface area contributed by atoms with Crippen molar-refractivity contribution in [3.63, 3.8) is 0 Å². The SMILES string of the molecule is CCc1cccc2c(-c3ccccc3Cl)c(C(=O)NN=Cc3cc(Br)cc(Br)c3OC(=O)c3ccc4c(c3)OCO4)[nH]c12. The number of aromatic nitrogens is 1. The molecule has 4 aromatic carbocycles. The molecule has 2 heterocycles. The lowest BCUT2D eigenvalue weighted by Gasteiger charge is -2.11. The van der Waals surface area contributed by atoms with Gasteiger partial charge in [0, 0.05) is 37.1 Å². The van der Waals surface area contributed by atoms with Crippen molar-refractivity contribution in [2.45, 2.75) is 13.3 Å². The Morgan fingerprint density at radius 3 is 2.67 bits per heavy atom. The first kappa shape index (κ1) is 29.0. The quantitative estimate of drug-likeness (QED) is 0.0762. The fourth-order valence-corrected chi connectivity index (χ4v) is 6.43. The van der Waals surface area contributed by atoms with Crippen molar-refractivity contribution in [2.24, 2.45) is 5.10 Å². The number of ether oxygens (including phenoxy) is 3. The number of benzene rings is 4. The number of nitrogens with zero attached hydrogens (tertiary/aromatic N) is 1. The largest absolute Gasteiger partial charge is 0.454 e. The van der Waals surface area contributed by atoms with Gasteiger partial charge < -0.3 is 19.2 Å². The molecule has 0 aliphatic carbocycles. The molecule has 1 amide bonds. The molecule has 0 unspecified atom stereocenters. The minimum absolute atomic E-state index is 0.0938. The maximum atomic E-state index is 13.6. The van der Waals surface area contributed by atoms with Crippen molar-refractivity contribution < 1.29 is 23.8 Å². The number of H-pyrrole nitrogens is 1. The Balaban J connectivity index is 1.30. The number of esters is 1. The van der Waals surface area contributed by atoms with Gasteiger partial charge in [0.15, 0.2) is 17.2 Å². The van der Waals surface area contributed by atoms with E-state index < -0.39 is 11.9 Å². The first-order valence-electron chi connectivity index (χ1n) is 13.2. The minimum atomic E-state index is -0.603. The number of hydrogen-bond donors (Lipinski definition) is 2. The predicted molar refractivity (Wildman–Crippen MR) is 173 cm³/mol. The second-order valence-corrected chi connectivity index (χ2v) is 11.7. The molecule has 0 atom stereocenters. The Labute approximate surface area is 268 Å². The van der Waals surface area contributed by atoms with E-state index in [-0.39, 0.29) is 18.1 Å². The van der Waals surface area contributed by atoms with Crippen LogP contribution in [0.3, 0.4) is 0 Å². The highest BCUT2D eigenvalue weighted by molar-refractivity contribution is 9.11. The first-order chi connectivity index (χ1) is 20.8. The van der Waals surface area contributed by atoms with Gasteiger partial charge >= 0.3 is 5.97 Å². The van der Waals surface area contributed by atoms with E-state index in [1.807, 2.05) is 36.4 Å². The van der Waals surface area contributed by atoms with Crippen molar-refractivity contribution >= 4 is 72.5 Å². The van der Waals surface area contributed by atoms with Crippen LogP contribution in [0.4, 0.5) is 0 Å². The monoisotopic (exact) mass is 721 g/mol. The number of halogens is 3. The maximum absolute atomic E-state index is 13.6. The molecule has 1 aliphatic heterocycles. The Kier molecular flexibility index (Phi) is 8.25. The lowest BCUT2D eigenvalue weighted by Crippen LogP contribution is -2.19. The van der Waals surface area contributed by atoms with Gasteiger partial charge in [0.2, 0.25) is 6.79 Å². The molecule has 1 aliphatic rings. The standard InChI is InChI=1S/C32H22Br2ClN3O5/c1-2-17-6-5-8-22-27(21-7-3-4-9-24(21)35)29(37-28(17)22)31(39)38-36-15-19-12-20(33)14-23(34)30(19)43-32(40)18-10-11-25-26(13-18)42-16-41-25/h3-15,37H,2,16H2,1H3,(H,38,39). The summed E-state index contributed by atoms with van der Waals surface area (Å²) in [5.41, 5.74) is 7.01. The van der Waals surface area contributed by atoms with Gasteiger partial charge in [-0.25, -0.2) is 10.2 Å². The number of carbonyl (C=O) groups is 2. The Hall–Kier alpha value is -4.12. The number of nitrogens with one attached hydrogen (secondary N) is 2.